The van der Waals surface area contributed by atoms with Crippen molar-refractivity contribution in [2.24, 2.45) is 0 Å². The fourth-order valence-corrected chi connectivity index (χ4v) is 1.97. The van der Waals surface area contributed by atoms with Crippen LogP contribution >= 0.6 is 7.37 Å². The molecule has 0 aliphatic carbocycles. The lowest BCUT2D eigenvalue weighted by molar-refractivity contribution is -0.151. The second kappa shape index (κ2) is 9.20. The van der Waals surface area contributed by atoms with E-state index >= 15 is 0 Å². The van der Waals surface area contributed by atoms with Crippen LogP contribution in [0.5, 0.6) is 0 Å². The summed E-state index contributed by atoms with van der Waals surface area (Å²) in [5.74, 6) is 2.92. The van der Waals surface area contributed by atoms with Crippen molar-refractivity contribution >= 4 is 19.3 Å². The fraction of sp³-hybridized carbons (Fsp3) is 0.538. The van der Waals surface area contributed by atoms with E-state index in [-0.39, 0.29) is 26.1 Å². The highest BCUT2D eigenvalue weighted by Gasteiger charge is 2.27. The molecular formula is C13H17O6P. The molecule has 0 rings (SSSR count). The third kappa shape index (κ3) is 9.22. The van der Waals surface area contributed by atoms with Crippen molar-refractivity contribution in [1.82, 2.24) is 0 Å². The number of esters is 2. The van der Waals surface area contributed by atoms with Gasteiger partial charge in [-0.1, -0.05) is 11.8 Å². The van der Waals surface area contributed by atoms with Gasteiger partial charge in [0.2, 0.25) is 0 Å². The molecule has 0 aromatic carbocycles. The summed E-state index contributed by atoms with van der Waals surface area (Å²) in [4.78, 5) is 22.9. The molecule has 0 N–H and O–H groups in total. The maximum atomic E-state index is 11.7. The average molecular weight is 300 g/mol. The molecule has 0 spiro atoms. The molecule has 0 fully saturated rings. The Balaban J connectivity index is 4.51. The minimum Gasteiger partial charge on any atom is -0.452 e. The summed E-state index contributed by atoms with van der Waals surface area (Å²) in [6.45, 7) is 2.33. The first kappa shape index (κ1) is 18.2. The summed E-state index contributed by atoms with van der Waals surface area (Å²) in [6, 6.07) is 0. The predicted molar refractivity (Wildman–Crippen MR) is 73.1 cm³/mol. The van der Waals surface area contributed by atoms with Gasteiger partial charge in [-0.25, -0.2) is 4.79 Å². The lowest BCUT2D eigenvalue weighted by atomic mass is 10.2. The molecule has 0 aliphatic heterocycles. The maximum Gasteiger partial charge on any atom is 0.336 e. The molecule has 1 unspecified atom stereocenters. The van der Waals surface area contributed by atoms with Crippen LogP contribution in [-0.4, -0.2) is 44.6 Å². The molecule has 7 heteroatoms. The SMILES string of the molecule is C#CCOC(=O)CCC(OP(C)(C)=O)C(=O)OCC#C. The predicted octanol–water partition coefficient (Wildman–Crippen LogP) is 1.04. The number of hydrogen-bond donors (Lipinski definition) is 0. The third-order valence-electron chi connectivity index (χ3n) is 1.87. The molecule has 0 aromatic rings. The molecule has 0 aliphatic rings. The largest absolute Gasteiger partial charge is 0.452 e. The molecule has 1 atom stereocenters. The van der Waals surface area contributed by atoms with Crippen LogP contribution in [0.15, 0.2) is 0 Å². The molecule has 0 aromatic heterocycles. The Morgan fingerprint density at radius 2 is 1.70 bits per heavy atom. The van der Waals surface area contributed by atoms with E-state index < -0.39 is 25.4 Å². The summed E-state index contributed by atoms with van der Waals surface area (Å²) in [6.07, 6.45) is 8.62. The Labute approximate surface area is 118 Å². The lowest BCUT2D eigenvalue weighted by Gasteiger charge is -2.18. The van der Waals surface area contributed by atoms with E-state index in [0.717, 1.165) is 0 Å². The first-order chi connectivity index (χ1) is 9.30. The normalized spacial score (nSPS) is 11.8. The highest BCUT2D eigenvalue weighted by Crippen LogP contribution is 2.40. The monoisotopic (exact) mass is 300 g/mol. The second-order valence-corrected chi connectivity index (χ2v) is 6.78. The van der Waals surface area contributed by atoms with Crippen molar-refractivity contribution in [1.29, 1.82) is 0 Å². The highest BCUT2D eigenvalue weighted by molar-refractivity contribution is 7.57. The number of terminal acetylenes is 2. The van der Waals surface area contributed by atoms with Gasteiger partial charge in [0, 0.05) is 19.8 Å². The summed E-state index contributed by atoms with van der Waals surface area (Å²) in [5.41, 5.74) is 0. The summed E-state index contributed by atoms with van der Waals surface area (Å²) in [5, 5.41) is 0. The molecule has 0 amide bonds. The minimum absolute atomic E-state index is 0.0293. The van der Waals surface area contributed by atoms with E-state index in [4.69, 9.17) is 22.1 Å². The van der Waals surface area contributed by atoms with Crippen LogP contribution in [0, 0.1) is 24.7 Å². The number of rotatable bonds is 8. The minimum atomic E-state index is -2.93. The molecule has 0 radical (unpaired) electrons. The third-order valence-corrected chi connectivity index (χ3v) is 2.63. The number of carbonyl (C=O) groups is 2. The molecule has 20 heavy (non-hydrogen) atoms. The van der Waals surface area contributed by atoms with Gasteiger partial charge >= 0.3 is 11.9 Å². The number of ether oxygens (including phenoxy) is 2. The van der Waals surface area contributed by atoms with Crippen LogP contribution < -0.4 is 0 Å². The number of hydrogen-bond acceptors (Lipinski definition) is 6. The topological polar surface area (TPSA) is 78.9 Å². The Morgan fingerprint density at radius 3 is 2.20 bits per heavy atom. The number of carbonyl (C=O) groups excluding carboxylic acids is 2. The molecule has 110 valence electrons. The Bertz CT molecular complexity index is 464. The zero-order chi connectivity index (χ0) is 15.6. The highest BCUT2D eigenvalue weighted by atomic mass is 31.2. The fourth-order valence-electron chi connectivity index (χ4n) is 1.17. The van der Waals surface area contributed by atoms with Gasteiger partial charge in [0.1, 0.15) is 0 Å². The van der Waals surface area contributed by atoms with E-state index in [0.29, 0.717) is 0 Å². The first-order valence-corrected chi connectivity index (χ1v) is 8.24. The van der Waals surface area contributed by atoms with Crippen molar-refractivity contribution in [2.45, 2.75) is 18.9 Å². The Morgan fingerprint density at radius 1 is 1.15 bits per heavy atom. The van der Waals surface area contributed by atoms with Crippen LogP contribution in [0.1, 0.15) is 12.8 Å². The van der Waals surface area contributed by atoms with Gasteiger partial charge in [-0.15, -0.1) is 12.8 Å². The Kier molecular flexibility index (Phi) is 8.40. The van der Waals surface area contributed by atoms with Crippen molar-refractivity contribution < 1.29 is 28.2 Å². The molecular weight excluding hydrogens is 283 g/mol. The standard InChI is InChI=1S/C13H17O6P/c1-5-9-17-12(14)8-7-11(19-20(3,4)16)13(15)18-10-6-2/h1-2,11H,7-10H2,3-4H3. The van der Waals surface area contributed by atoms with Gasteiger partial charge in [0.05, 0.1) is 0 Å². The van der Waals surface area contributed by atoms with Crippen LogP contribution in [-0.2, 0) is 28.2 Å². The van der Waals surface area contributed by atoms with Gasteiger partial charge in [-0.3, -0.25) is 9.36 Å². The van der Waals surface area contributed by atoms with E-state index in [2.05, 4.69) is 16.6 Å². The van der Waals surface area contributed by atoms with Crippen molar-refractivity contribution in [3.63, 3.8) is 0 Å². The van der Waals surface area contributed by atoms with E-state index in [1.54, 1.807) is 0 Å². The quantitative estimate of drug-likeness (QED) is 0.378. The van der Waals surface area contributed by atoms with Gasteiger partial charge in [-0.05, 0) is 6.42 Å². The first-order valence-electron chi connectivity index (χ1n) is 5.72. The van der Waals surface area contributed by atoms with Gasteiger partial charge in [0.15, 0.2) is 26.7 Å². The van der Waals surface area contributed by atoms with Crippen molar-refractivity contribution in [2.75, 3.05) is 26.5 Å². The maximum absolute atomic E-state index is 11.7. The summed E-state index contributed by atoms with van der Waals surface area (Å²) in [7, 11) is -2.93. The molecule has 0 saturated carbocycles. The van der Waals surface area contributed by atoms with E-state index in [9.17, 15) is 14.2 Å². The summed E-state index contributed by atoms with van der Waals surface area (Å²) >= 11 is 0. The van der Waals surface area contributed by atoms with Crippen molar-refractivity contribution in [3.8, 4) is 24.7 Å². The zero-order valence-corrected chi connectivity index (χ0v) is 12.4. The average Bonchev–Trinajstić information content (AvgIpc) is 2.36. The van der Waals surface area contributed by atoms with Crippen LogP contribution in [0.4, 0.5) is 0 Å². The van der Waals surface area contributed by atoms with E-state index in [1.807, 2.05) is 0 Å². The lowest BCUT2D eigenvalue weighted by Crippen LogP contribution is -2.27. The van der Waals surface area contributed by atoms with Crippen LogP contribution in [0.25, 0.3) is 0 Å². The van der Waals surface area contributed by atoms with Crippen LogP contribution in [0.2, 0.25) is 0 Å². The smallest absolute Gasteiger partial charge is 0.336 e. The molecule has 6 nitrogen and oxygen atoms in total. The van der Waals surface area contributed by atoms with Gasteiger partial charge in [0.25, 0.3) is 0 Å². The zero-order valence-electron chi connectivity index (χ0n) is 11.5. The van der Waals surface area contributed by atoms with Crippen molar-refractivity contribution in [3.05, 3.63) is 0 Å². The molecule has 0 bridgehead atoms. The second-order valence-electron chi connectivity index (χ2n) is 4.06. The van der Waals surface area contributed by atoms with Gasteiger partial charge < -0.3 is 14.0 Å². The van der Waals surface area contributed by atoms with Crippen LogP contribution in [0.3, 0.4) is 0 Å². The van der Waals surface area contributed by atoms with Gasteiger partial charge in [-0.2, -0.15) is 0 Å². The Hall–Kier alpha value is -1.75. The summed E-state index contributed by atoms with van der Waals surface area (Å²) < 4.78 is 26.1. The van der Waals surface area contributed by atoms with E-state index in [1.165, 1.54) is 13.3 Å². The molecule has 0 saturated heterocycles. The molecule has 0 heterocycles.